The molecule has 152 valence electrons. The van der Waals surface area contributed by atoms with Crippen molar-refractivity contribution in [3.63, 3.8) is 0 Å². The Hall–Kier alpha value is -3.12. The van der Waals surface area contributed by atoms with Crippen LogP contribution in [0.15, 0.2) is 66.0 Å². The monoisotopic (exact) mass is 418 g/mol. The smallest absolute Gasteiger partial charge is 0.335 e. The second-order valence-corrected chi connectivity index (χ2v) is 8.77. The number of aryl methyl sites for hydroxylation is 1. The van der Waals surface area contributed by atoms with Crippen LogP contribution in [0.2, 0.25) is 0 Å². The maximum atomic E-state index is 13.8. The number of hydrogen-bond acceptors (Lipinski definition) is 4. The Labute approximate surface area is 179 Å². The number of ether oxygens (including phenoxy) is 1. The maximum Gasteiger partial charge on any atom is 0.335 e. The van der Waals surface area contributed by atoms with Crippen LogP contribution in [0.25, 0.3) is 0 Å². The predicted molar refractivity (Wildman–Crippen MR) is 117 cm³/mol. The van der Waals surface area contributed by atoms with Crippen molar-refractivity contribution in [2.75, 3.05) is 4.90 Å². The van der Waals surface area contributed by atoms with E-state index in [2.05, 4.69) is 6.92 Å². The van der Waals surface area contributed by atoms with Crippen molar-refractivity contribution in [3.05, 3.63) is 82.0 Å². The molecule has 2 aromatic carbocycles. The fourth-order valence-corrected chi connectivity index (χ4v) is 5.08. The van der Waals surface area contributed by atoms with Gasteiger partial charge in [-0.3, -0.25) is 14.6 Å². The van der Waals surface area contributed by atoms with Crippen molar-refractivity contribution in [1.29, 1.82) is 0 Å². The molecule has 0 radical (unpaired) electrons. The summed E-state index contributed by atoms with van der Waals surface area (Å²) in [6, 6.07) is 18.4. The Kier molecular flexibility index (Phi) is 4.40. The molecule has 0 unspecified atom stereocenters. The number of hydrogen-bond donors (Lipinski definition) is 0. The van der Waals surface area contributed by atoms with Gasteiger partial charge in [-0.1, -0.05) is 43.3 Å². The molecule has 2 aliphatic rings. The Bertz CT molecular complexity index is 1110. The predicted octanol–water partition coefficient (Wildman–Crippen LogP) is 5.63. The third kappa shape index (κ3) is 2.82. The lowest BCUT2D eigenvalue weighted by Crippen LogP contribution is -2.67. The van der Waals surface area contributed by atoms with Crippen LogP contribution in [0.5, 0.6) is 5.75 Å². The first-order chi connectivity index (χ1) is 14.5. The summed E-state index contributed by atoms with van der Waals surface area (Å²) in [6.45, 7) is 4.02. The third-order valence-corrected chi connectivity index (χ3v) is 6.77. The largest absolute Gasteiger partial charge is 0.467 e. The summed E-state index contributed by atoms with van der Waals surface area (Å²) in [7, 11) is 0. The fraction of sp³-hybridized carbons (Fsp3) is 0.250. The number of carbonyl (C=O) groups is 2. The Morgan fingerprint density at radius 2 is 1.90 bits per heavy atom. The van der Waals surface area contributed by atoms with Crippen LogP contribution >= 0.6 is 11.3 Å². The van der Waals surface area contributed by atoms with Gasteiger partial charge in [0, 0.05) is 17.7 Å². The number of thiophene rings is 1. The molecule has 3 amide bonds. The Morgan fingerprint density at radius 1 is 1.13 bits per heavy atom. The minimum atomic E-state index is -0.879. The highest BCUT2D eigenvalue weighted by molar-refractivity contribution is 7.12. The zero-order valence-corrected chi connectivity index (χ0v) is 17.7. The zero-order chi connectivity index (χ0) is 20.9. The lowest BCUT2D eigenvalue weighted by Gasteiger charge is -2.53. The molecule has 0 N–H and O–H groups in total. The van der Waals surface area contributed by atoms with Crippen molar-refractivity contribution in [2.45, 2.75) is 38.5 Å². The summed E-state index contributed by atoms with van der Waals surface area (Å²) in [5.41, 5.74) is 1.90. The minimum Gasteiger partial charge on any atom is -0.467 e. The van der Waals surface area contributed by atoms with Crippen molar-refractivity contribution in [3.8, 4) is 5.75 Å². The normalized spacial score (nSPS) is 22.5. The van der Waals surface area contributed by atoms with Gasteiger partial charge in [0.1, 0.15) is 5.75 Å². The van der Waals surface area contributed by atoms with Gasteiger partial charge in [0.05, 0.1) is 10.9 Å². The van der Waals surface area contributed by atoms with Crippen LogP contribution in [-0.2, 0) is 6.42 Å². The summed E-state index contributed by atoms with van der Waals surface area (Å²) in [5, 5.41) is 1.85. The lowest BCUT2D eigenvalue weighted by molar-refractivity contribution is 0.00284. The molecular formula is C24H22N2O3S. The molecular weight excluding hydrogens is 396 g/mol. The lowest BCUT2D eigenvalue weighted by atomic mass is 9.88. The van der Waals surface area contributed by atoms with E-state index in [1.54, 1.807) is 11.0 Å². The molecule has 1 fully saturated rings. The van der Waals surface area contributed by atoms with Crippen molar-refractivity contribution >= 4 is 29.0 Å². The molecule has 0 aliphatic carbocycles. The number of anilines is 1. The van der Waals surface area contributed by atoms with E-state index in [4.69, 9.17) is 4.74 Å². The van der Waals surface area contributed by atoms with Gasteiger partial charge in [0.15, 0.2) is 5.72 Å². The van der Waals surface area contributed by atoms with Gasteiger partial charge in [-0.2, -0.15) is 0 Å². The highest BCUT2D eigenvalue weighted by Gasteiger charge is 2.55. The Balaban J connectivity index is 1.66. The van der Waals surface area contributed by atoms with E-state index >= 15 is 0 Å². The molecule has 5 nitrogen and oxygen atoms in total. The summed E-state index contributed by atoms with van der Waals surface area (Å²) < 4.78 is 6.37. The summed E-state index contributed by atoms with van der Waals surface area (Å²) >= 11 is 1.35. The molecule has 3 aromatic rings. The van der Waals surface area contributed by atoms with Gasteiger partial charge in [0.25, 0.3) is 5.91 Å². The van der Waals surface area contributed by atoms with E-state index in [1.807, 2.05) is 66.9 Å². The summed E-state index contributed by atoms with van der Waals surface area (Å²) in [6.07, 6.45) is 1.42. The molecule has 6 heteroatoms. The number of fused-ring (bicyclic) bond motifs is 4. The number of carbonyl (C=O) groups excluding carboxylic acids is 2. The van der Waals surface area contributed by atoms with Crippen molar-refractivity contribution in [1.82, 2.24) is 4.90 Å². The standard InChI is InChI=1S/C24H22N2O3S/c1-3-16-10-12-17(13-11-16)26-23(28)25(22(27)21-9-6-14-30-21)19-15-24(26,2)29-20-8-5-4-7-18(19)20/h4-14,19H,3,15H2,1-2H3/t19-,24+/m1/s1. The van der Waals surface area contributed by atoms with Gasteiger partial charge >= 0.3 is 6.03 Å². The molecule has 2 bridgehead atoms. The highest BCUT2D eigenvalue weighted by atomic mass is 32.1. The first kappa shape index (κ1) is 18.9. The number of amides is 3. The van der Waals surface area contributed by atoms with E-state index in [1.165, 1.54) is 21.8 Å². The molecule has 3 heterocycles. The van der Waals surface area contributed by atoms with Crippen LogP contribution in [0, 0.1) is 0 Å². The van der Waals surface area contributed by atoms with Gasteiger partial charge < -0.3 is 4.74 Å². The number of urea groups is 1. The van der Waals surface area contributed by atoms with Crippen LogP contribution in [0.1, 0.15) is 47.1 Å². The molecule has 0 spiro atoms. The molecule has 0 saturated carbocycles. The van der Waals surface area contributed by atoms with Crippen LogP contribution in [0.3, 0.4) is 0 Å². The SMILES string of the molecule is CCc1ccc(N2C(=O)N(C(=O)c3cccs3)[C@@H]3C[C@]2(C)Oc2ccccc23)cc1. The number of benzene rings is 2. The third-order valence-electron chi connectivity index (χ3n) is 5.92. The number of imide groups is 1. The summed E-state index contributed by atoms with van der Waals surface area (Å²) in [4.78, 5) is 30.8. The fourth-order valence-electron chi connectivity index (χ4n) is 4.42. The summed E-state index contributed by atoms with van der Waals surface area (Å²) in [5.74, 6) is 0.442. The topological polar surface area (TPSA) is 49.9 Å². The molecule has 5 rings (SSSR count). The maximum absolute atomic E-state index is 13.8. The molecule has 1 saturated heterocycles. The molecule has 1 aromatic heterocycles. The van der Waals surface area contributed by atoms with E-state index in [9.17, 15) is 9.59 Å². The number of nitrogens with zero attached hydrogens (tertiary/aromatic N) is 2. The van der Waals surface area contributed by atoms with E-state index in [-0.39, 0.29) is 18.0 Å². The van der Waals surface area contributed by atoms with E-state index in [0.29, 0.717) is 17.0 Å². The average molecular weight is 419 g/mol. The molecule has 2 aliphatic heterocycles. The Morgan fingerprint density at radius 3 is 2.60 bits per heavy atom. The number of para-hydroxylation sites is 1. The second kappa shape index (κ2) is 6.99. The van der Waals surface area contributed by atoms with E-state index in [0.717, 1.165) is 17.7 Å². The molecule has 2 atom stereocenters. The van der Waals surface area contributed by atoms with Gasteiger partial charge in [0.2, 0.25) is 0 Å². The van der Waals surface area contributed by atoms with Crippen LogP contribution < -0.4 is 9.64 Å². The van der Waals surface area contributed by atoms with Crippen LogP contribution in [-0.4, -0.2) is 22.6 Å². The van der Waals surface area contributed by atoms with E-state index < -0.39 is 5.72 Å². The number of rotatable bonds is 3. The zero-order valence-electron chi connectivity index (χ0n) is 16.9. The quantitative estimate of drug-likeness (QED) is 0.554. The first-order valence-corrected chi connectivity index (χ1v) is 11.0. The second-order valence-electron chi connectivity index (χ2n) is 7.83. The molecule has 30 heavy (non-hydrogen) atoms. The first-order valence-electron chi connectivity index (χ1n) is 10.1. The average Bonchev–Trinajstić information content (AvgIpc) is 3.28. The van der Waals surface area contributed by atoms with Crippen LogP contribution in [0.4, 0.5) is 10.5 Å². The van der Waals surface area contributed by atoms with Gasteiger partial charge in [-0.15, -0.1) is 11.3 Å². The van der Waals surface area contributed by atoms with Crippen molar-refractivity contribution in [2.24, 2.45) is 0 Å². The van der Waals surface area contributed by atoms with Gasteiger partial charge in [-0.25, -0.2) is 4.79 Å². The van der Waals surface area contributed by atoms with Gasteiger partial charge in [-0.05, 0) is 48.6 Å². The minimum absolute atomic E-state index is 0.270. The highest BCUT2D eigenvalue weighted by Crippen LogP contribution is 2.49. The van der Waals surface area contributed by atoms with Crippen molar-refractivity contribution < 1.29 is 14.3 Å².